The normalized spacial score (nSPS) is 50.6. The number of Topliss-reactive ketones (excluding diaryl/α,β-unsaturated/α-hetero) is 1. The van der Waals surface area contributed by atoms with Crippen molar-refractivity contribution in [2.45, 2.75) is 77.0 Å². The summed E-state index contributed by atoms with van der Waals surface area (Å²) in [5.41, 5.74) is -4.13. The van der Waals surface area contributed by atoms with Gasteiger partial charge in [-0.05, 0) is 26.3 Å². The first-order valence-electron chi connectivity index (χ1n) is 11.9. The fourth-order valence-electron chi connectivity index (χ4n) is 8.64. The van der Waals surface area contributed by atoms with Crippen LogP contribution < -0.4 is 0 Å². The fourth-order valence-corrected chi connectivity index (χ4v) is 8.64. The molecule has 8 nitrogen and oxygen atoms in total. The maximum atomic E-state index is 14.2. The smallest absolute Gasteiger partial charge is 0.339 e. The van der Waals surface area contributed by atoms with E-state index in [0.717, 1.165) is 0 Å². The molecule has 0 bridgehead atoms. The Balaban J connectivity index is 1.56. The quantitative estimate of drug-likeness (QED) is 0.492. The molecule has 4 fully saturated rings. The third-order valence-electron chi connectivity index (χ3n) is 9.91. The van der Waals surface area contributed by atoms with Gasteiger partial charge in [-0.25, -0.2) is 9.59 Å². The van der Waals surface area contributed by atoms with Gasteiger partial charge in [-0.1, -0.05) is 26.8 Å². The fraction of sp³-hybridized carbons (Fsp3) is 0.654. The Labute approximate surface area is 197 Å². The molecule has 34 heavy (non-hydrogen) atoms. The van der Waals surface area contributed by atoms with Gasteiger partial charge in [0.2, 0.25) is 0 Å². The van der Waals surface area contributed by atoms with Crippen LogP contribution in [0.4, 0.5) is 0 Å². The zero-order valence-corrected chi connectivity index (χ0v) is 20.0. The highest BCUT2D eigenvalue weighted by molar-refractivity contribution is 5.91. The highest BCUT2D eigenvalue weighted by Crippen LogP contribution is 2.78. The van der Waals surface area contributed by atoms with Crippen LogP contribution in [0.1, 0.15) is 59.1 Å². The van der Waals surface area contributed by atoms with Crippen LogP contribution in [-0.4, -0.2) is 46.2 Å². The van der Waals surface area contributed by atoms with E-state index in [2.05, 4.69) is 0 Å². The number of aliphatic hydroxyl groups is 1. The summed E-state index contributed by atoms with van der Waals surface area (Å²) in [5.74, 6) is -2.00. The summed E-state index contributed by atoms with van der Waals surface area (Å²) in [6.07, 6.45) is 4.02. The average Bonchev–Trinajstić information content (AvgIpc) is 3.34. The summed E-state index contributed by atoms with van der Waals surface area (Å²) in [5, 5.41) is 11.8. The molecule has 2 saturated carbocycles. The summed E-state index contributed by atoms with van der Waals surface area (Å²) in [7, 11) is 0. The number of esters is 2. The summed E-state index contributed by atoms with van der Waals surface area (Å²) in [6.45, 7) is 9.41. The predicted molar refractivity (Wildman–Crippen MR) is 116 cm³/mol. The van der Waals surface area contributed by atoms with Crippen molar-refractivity contribution in [3.05, 3.63) is 36.3 Å². The third kappa shape index (κ3) is 2.25. The number of cyclic esters (lactones) is 2. The molecule has 3 aliphatic heterocycles. The van der Waals surface area contributed by atoms with E-state index in [0.29, 0.717) is 12.0 Å². The van der Waals surface area contributed by atoms with Crippen LogP contribution in [0.25, 0.3) is 0 Å². The van der Waals surface area contributed by atoms with Crippen molar-refractivity contribution in [1.82, 2.24) is 0 Å². The number of carbonyl (C=O) groups is 3. The van der Waals surface area contributed by atoms with Gasteiger partial charge in [0.15, 0.2) is 6.10 Å². The second-order valence-corrected chi connectivity index (χ2v) is 11.9. The number of aliphatic hydroxyl groups excluding tert-OH is 1. The first-order chi connectivity index (χ1) is 15.8. The van der Waals surface area contributed by atoms with Crippen LogP contribution in [0.3, 0.4) is 0 Å². The monoisotopic (exact) mass is 470 g/mol. The SMILES string of the molecule is CC1(C)OC(=O)C=C[C@]2(C)[C@H]3C(=O)C[C@@]4(C)[C@H](c5ccoc5)OC(=O)[C@H]5O[C@]54[C@]3(C)[C@H](O)C[C@@H]12. The lowest BCUT2D eigenvalue weighted by Gasteiger charge is -2.66. The Morgan fingerprint density at radius 2 is 1.79 bits per heavy atom. The van der Waals surface area contributed by atoms with E-state index in [1.807, 2.05) is 34.6 Å². The number of epoxide rings is 1. The van der Waals surface area contributed by atoms with Crippen LogP contribution in [0.2, 0.25) is 0 Å². The van der Waals surface area contributed by atoms with Gasteiger partial charge in [-0.15, -0.1) is 0 Å². The molecule has 5 aliphatic rings. The number of fused-ring (bicyclic) bond motifs is 3. The molecule has 4 heterocycles. The summed E-state index contributed by atoms with van der Waals surface area (Å²) < 4.78 is 23.1. The second kappa shape index (κ2) is 6.21. The molecule has 2 aliphatic carbocycles. The lowest BCUT2D eigenvalue weighted by Crippen LogP contribution is -2.74. The Hall–Kier alpha value is -2.45. The molecule has 0 aromatic carbocycles. The predicted octanol–water partition coefficient (Wildman–Crippen LogP) is 2.90. The zero-order valence-electron chi connectivity index (χ0n) is 20.0. The number of ether oxygens (including phenoxy) is 3. The molecule has 0 unspecified atom stereocenters. The topological polar surface area (TPSA) is 116 Å². The first kappa shape index (κ1) is 22.0. The Kier molecular flexibility index (Phi) is 4.02. The number of hydrogen-bond acceptors (Lipinski definition) is 8. The Morgan fingerprint density at radius 3 is 2.47 bits per heavy atom. The van der Waals surface area contributed by atoms with Gasteiger partial charge in [0.25, 0.3) is 0 Å². The lowest BCUT2D eigenvalue weighted by atomic mass is 9.37. The summed E-state index contributed by atoms with van der Waals surface area (Å²) in [4.78, 5) is 39.7. The molecule has 0 amide bonds. The molecule has 1 aromatic rings. The third-order valence-corrected chi connectivity index (χ3v) is 9.91. The highest BCUT2D eigenvalue weighted by Gasteiger charge is 2.89. The van der Waals surface area contributed by atoms with E-state index >= 15 is 0 Å². The minimum atomic E-state index is -1.10. The van der Waals surface area contributed by atoms with Gasteiger partial charge in [0.1, 0.15) is 23.1 Å². The van der Waals surface area contributed by atoms with Crippen LogP contribution in [0, 0.1) is 28.1 Å². The maximum absolute atomic E-state index is 14.2. The number of allylic oxidation sites excluding steroid dienone is 1. The van der Waals surface area contributed by atoms with E-state index in [1.54, 1.807) is 12.1 Å². The van der Waals surface area contributed by atoms with Gasteiger partial charge in [0.05, 0.1) is 18.6 Å². The number of rotatable bonds is 1. The summed E-state index contributed by atoms with van der Waals surface area (Å²) >= 11 is 0. The maximum Gasteiger partial charge on any atom is 0.339 e. The largest absolute Gasteiger partial charge is 0.472 e. The highest BCUT2D eigenvalue weighted by atomic mass is 16.7. The molecule has 1 spiro atoms. The lowest BCUT2D eigenvalue weighted by molar-refractivity contribution is -0.242. The van der Waals surface area contributed by atoms with Gasteiger partial charge in [0, 0.05) is 46.1 Å². The molecular weight excluding hydrogens is 440 g/mol. The van der Waals surface area contributed by atoms with Crippen molar-refractivity contribution in [2.75, 3.05) is 0 Å². The first-order valence-corrected chi connectivity index (χ1v) is 11.9. The van der Waals surface area contributed by atoms with Gasteiger partial charge in [-0.2, -0.15) is 0 Å². The standard InChI is InChI=1S/C26H30O8/c1-22(2)15-10-16(28)25(5)18(23(15,3)8-6-17(29)33-22)14(27)11-24(4)19(13-7-9-31-12-13)32-21(30)20-26(24,25)34-20/h6-9,12,15-16,18-20,28H,10-11H2,1-5H3/t15-,16+,18+,19-,20+,23-,24-,25+,26+/m0/s1. The minimum absolute atomic E-state index is 0.0441. The van der Waals surface area contributed by atoms with E-state index in [1.165, 1.54) is 18.6 Å². The van der Waals surface area contributed by atoms with Crippen molar-refractivity contribution >= 4 is 17.7 Å². The van der Waals surface area contributed by atoms with E-state index < -0.39 is 63.6 Å². The Morgan fingerprint density at radius 1 is 1.06 bits per heavy atom. The van der Waals surface area contributed by atoms with Crippen LogP contribution >= 0.6 is 0 Å². The molecule has 182 valence electrons. The van der Waals surface area contributed by atoms with Gasteiger partial charge >= 0.3 is 11.9 Å². The number of hydrogen-bond donors (Lipinski definition) is 1. The van der Waals surface area contributed by atoms with E-state index in [4.69, 9.17) is 18.6 Å². The number of carbonyl (C=O) groups excluding carboxylic acids is 3. The average molecular weight is 471 g/mol. The molecule has 8 heteroatoms. The molecule has 9 atom stereocenters. The molecule has 2 saturated heterocycles. The zero-order chi connectivity index (χ0) is 24.5. The molecule has 0 radical (unpaired) electrons. The van der Waals surface area contributed by atoms with Crippen molar-refractivity contribution in [2.24, 2.45) is 28.1 Å². The van der Waals surface area contributed by atoms with Crippen molar-refractivity contribution in [1.29, 1.82) is 0 Å². The molecule has 6 rings (SSSR count). The minimum Gasteiger partial charge on any atom is -0.472 e. The van der Waals surface area contributed by atoms with Crippen molar-refractivity contribution in [3.63, 3.8) is 0 Å². The van der Waals surface area contributed by atoms with Crippen LogP contribution in [0.15, 0.2) is 35.2 Å². The number of furan rings is 1. The Bertz CT molecular complexity index is 1140. The number of ketones is 1. The summed E-state index contributed by atoms with van der Waals surface area (Å²) in [6, 6.07) is 1.73. The molecule has 1 N–H and O–H groups in total. The van der Waals surface area contributed by atoms with Crippen LogP contribution in [-0.2, 0) is 28.6 Å². The van der Waals surface area contributed by atoms with Crippen molar-refractivity contribution < 1.29 is 38.1 Å². The van der Waals surface area contributed by atoms with E-state index in [9.17, 15) is 19.5 Å². The second-order valence-electron chi connectivity index (χ2n) is 11.9. The van der Waals surface area contributed by atoms with Gasteiger partial charge < -0.3 is 23.7 Å². The van der Waals surface area contributed by atoms with Crippen molar-refractivity contribution in [3.8, 4) is 0 Å². The van der Waals surface area contributed by atoms with E-state index in [-0.39, 0.29) is 18.1 Å². The molecule has 1 aromatic heterocycles. The molecular formula is C26H30O8. The van der Waals surface area contributed by atoms with Crippen LogP contribution in [0.5, 0.6) is 0 Å². The van der Waals surface area contributed by atoms with Gasteiger partial charge in [-0.3, -0.25) is 4.79 Å².